The number of benzene rings is 1. The fraction of sp³-hybridized carbons (Fsp3) is 0. The standard InChI is InChI=1S/C6H2Cl3F3Si/c7-13(8,9)6-4(11)1-3(10)2-5(6)12/h1-2H. The topological polar surface area (TPSA) is 0 Å². The van der Waals surface area contributed by atoms with E-state index in [9.17, 15) is 13.2 Å². The lowest BCUT2D eigenvalue weighted by atomic mass is 10.3. The summed E-state index contributed by atoms with van der Waals surface area (Å²) in [6, 6.07) is -2.69. The fourth-order valence-electron chi connectivity index (χ4n) is 0.813. The van der Waals surface area contributed by atoms with Crippen molar-refractivity contribution in [2.45, 2.75) is 0 Å². The largest absolute Gasteiger partial charge is 0.378 e. The normalized spacial score (nSPS) is 11.8. The molecule has 0 heterocycles. The van der Waals surface area contributed by atoms with Crippen LogP contribution in [0, 0.1) is 17.5 Å². The van der Waals surface area contributed by atoms with Gasteiger partial charge in [0.2, 0.25) is 0 Å². The van der Waals surface area contributed by atoms with E-state index < -0.39 is 28.6 Å². The van der Waals surface area contributed by atoms with Crippen LogP contribution in [0.15, 0.2) is 12.1 Å². The lowest BCUT2D eigenvalue weighted by Gasteiger charge is -2.10. The van der Waals surface area contributed by atoms with Crippen LogP contribution in [0.25, 0.3) is 0 Å². The highest BCUT2D eigenvalue weighted by molar-refractivity contribution is 7.69. The molecule has 1 aromatic carbocycles. The Bertz CT molecular complexity index is 313. The summed E-state index contributed by atoms with van der Waals surface area (Å²) in [5.74, 6) is -3.37. The summed E-state index contributed by atoms with van der Waals surface area (Å²) in [6.07, 6.45) is 0. The van der Waals surface area contributed by atoms with Gasteiger partial charge in [-0.1, -0.05) is 0 Å². The molecule has 0 unspecified atom stereocenters. The first-order chi connectivity index (χ1) is 5.82. The summed E-state index contributed by atoms with van der Waals surface area (Å²) in [4.78, 5) is 0. The van der Waals surface area contributed by atoms with Crippen LogP contribution >= 0.6 is 33.2 Å². The molecule has 0 bridgehead atoms. The van der Waals surface area contributed by atoms with Crippen LogP contribution in [0.3, 0.4) is 0 Å². The number of rotatable bonds is 1. The van der Waals surface area contributed by atoms with Crippen molar-refractivity contribution in [3.05, 3.63) is 29.6 Å². The van der Waals surface area contributed by atoms with Gasteiger partial charge in [0.15, 0.2) is 0 Å². The van der Waals surface area contributed by atoms with E-state index in [-0.39, 0.29) is 0 Å². The van der Waals surface area contributed by atoms with Crippen molar-refractivity contribution in [1.29, 1.82) is 0 Å². The molecule has 0 saturated carbocycles. The van der Waals surface area contributed by atoms with Crippen molar-refractivity contribution in [3.8, 4) is 0 Å². The predicted molar refractivity (Wildman–Crippen MR) is 49.3 cm³/mol. The Labute approximate surface area is 87.3 Å². The Kier molecular flexibility index (Phi) is 3.17. The average molecular weight is 266 g/mol. The van der Waals surface area contributed by atoms with E-state index in [0.717, 1.165) is 0 Å². The van der Waals surface area contributed by atoms with Crippen molar-refractivity contribution >= 4 is 44.4 Å². The van der Waals surface area contributed by atoms with Gasteiger partial charge in [0.25, 0.3) is 0 Å². The molecule has 7 heteroatoms. The lowest BCUT2D eigenvalue weighted by Crippen LogP contribution is -2.36. The fourth-order valence-corrected chi connectivity index (χ4v) is 3.12. The molecule has 0 aliphatic heterocycles. The smallest absolute Gasteiger partial charge is 0.207 e. The maximum atomic E-state index is 12.9. The van der Waals surface area contributed by atoms with Gasteiger partial charge < -0.3 is 0 Å². The van der Waals surface area contributed by atoms with Crippen molar-refractivity contribution < 1.29 is 13.2 Å². The van der Waals surface area contributed by atoms with E-state index >= 15 is 0 Å². The second-order valence-corrected chi connectivity index (χ2v) is 10.6. The van der Waals surface area contributed by atoms with Gasteiger partial charge in [0, 0.05) is 12.1 Å². The van der Waals surface area contributed by atoms with Crippen LogP contribution in [0.1, 0.15) is 0 Å². The Morgan fingerprint density at radius 1 is 0.923 bits per heavy atom. The third kappa shape index (κ3) is 2.53. The number of hydrogen-bond acceptors (Lipinski definition) is 0. The molecule has 0 N–H and O–H groups in total. The Hall–Kier alpha value is 0.0969. The second-order valence-electron chi connectivity index (χ2n) is 2.24. The maximum Gasteiger partial charge on any atom is 0.378 e. The van der Waals surface area contributed by atoms with Gasteiger partial charge >= 0.3 is 6.00 Å². The van der Waals surface area contributed by atoms with E-state index in [2.05, 4.69) is 0 Å². The van der Waals surface area contributed by atoms with E-state index in [1.807, 2.05) is 0 Å². The maximum absolute atomic E-state index is 12.9. The Balaban J connectivity index is 3.38. The minimum Gasteiger partial charge on any atom is -0.207 e. The molecule has 0 fully saturated rings. The van der Waals surface area contributed by atoms with Crippen LogP contribution in [-0.2, 0) is 0 Å². The van der Waals surface area contributed by atoms with Crippen LogP contribution in [0.5, 0.6) is 0 Å². The monoisotopic (exact) mass is 264 g/mol. The molecule has 0 atom stereocenters. The van der Waals surface area contributed by atoms with Gasteiger partial charge in [-0.3, -0.25) is 0 Å². The minimum absolute atomic E-state index is 0.479. The molecule has 0 nitrogen and oxygen atoms in total. The quantitative estimate of drug-likeness (QED) is 0.541. The van der Waals surface area contributed by atoms with Crippen LogP contribution in [-0.4, -0.2) is 6.00 Å². The first-order valence-electron chi connectivity index (χ1n) is 3.04. The Morgan fingerprint density at radius 3 is 1.62 bits per heavy atom. The lowest BCUT2D eigenvalue weighted by molar-refractivity contribution is 0.553. The van der Waals surface area contributed by atoms with Gasteiger partial charge in [-0.2, -0.15) is 0 Å². The molecule has 0 saturated heterocycles. The summed E-state index contributed by atoms with van der Waals surface area (Å²) in [5.41, 5.74) is 0. The molecule has 72 valence electrons. The molecule has 0 amide bonds. The third-order valence-corrected chi connectivity index (χ3v) is 4.04. The summed E-state index contributed by atoms with van der Waals surface area (Å²) in [5, 5.41) is -0.640. The zero-order chi connectivity index (χ0) is 10.2. The van der Waals surface area contributed by atoms with Crippen molar-refractivity contribution in [2.75, 3.05) is 0 Å². The highest BCUT2D eigenvalue weighted by Gasteiger charge is 2.35. The van der Waals surface area contributed by atoms with Crippen molar-refractivity contribution in [2.24, 2.45) is 0 Å². The first kappa shape index (κ1) is 11.2. The van der Waals surface area contributed by atoms with Crippen LogP contribution < -0.4 is 5.19 Å². The Morgan fingerprint density at radius 2 is 1.31 bits per heavy atom. The number of halogens is 6. The summed E-state index contributed by atoms with van der Waals surface area (Å²) < 4.78 is 38.2. The predicted octanol–water partition coefficient (Wildman–Crippen LogP) is 2.97. The minimum atomic E-state index is -3.65. The first-order valence-corrected chi connectivity index (χ1v) is 8.07. The van der Waals surface area contributed by atoms with Crippen LogP contribution in [0.2, 0.25) is 0 Å². The van der Waals surface area contributed by atoms with Gasteiger partial charge in [0.05, 0.1) is 5.19 Å². The molecule has 0 aliphatic rings. The molecule has 0 aliphatic carbocycles. The molecule has 0 aromatic heterocycles. The molecular formula is C6H2Cl3F3Si. The van der Waals surface area contributed by atoms with E-state index in [1.165, 1.54) is 0 Å². The van der Waals surface area contributed by atoms with Crippen LogP contribution in [0.4, 0.5) is 13.2 Å². The zero-order valence-electron chi connectivity index (χ0n) is 5.92. The van der Waals surface area contributed by atoms with E-state index in [1.54, 1.807) is 0 Å². The van der Waals surface area contributed by atoms with Gasteiger partial charge in [-0.05, 0) is 0 Å². The summed E-state index contributed by atoms with van der Waals surface area (Å²) in [6.45, 7) is 0. The highest BCUT2D eigenvalue weighted by Crippen LogP contribution is 2.22. The van der Waals surface area contributed by atoms with E-state index in [4.69, 9.17) is 33.2 Å². The average Bonchev–Trinajstić information content (AvgIpc) is 1.78. The molecule has 13 heavy (non-hydrogen) atoms. The second kappa shape index (κ2) is 3.69. The molecular weight excluding hydrogens is 264 g/mol. The van der Waals surface area contributed by atoms with Crippen molar-refractivity contribution in [3.63, 3.8) is 0 Å². The molecule has 0 radical (unpaired) electrons. The molecule has 0 spiro atoms. The van der Waals surface area contributed by atoms with Gasteiger partial charge in [-0.25, -0.2) is 13.2 Å². The van der Waals surface area contributed by atoms with Gasteiger partial charge in [-0.15, -0.1) is 33.2 Å². The molecule has 1 rings (SSSR count). The number of hydrogen-bond donors (Lipinski definition) is 0. The molecule has 1 aromatic rings. The SMILES string of the molecule is Fc1cc(F)c([Si](Cl)(Cl)Cl)c(F)c1. The zero-order valence-corrected chi connectivity index (χ0v) is 9.19. The van der Waals surface area contributed by atoms with Gasteiger partial charge in [0.1, 0.15) is 17.5 Å². The van der Waals surface area contributed by atoms with Crippen molar-refractivity contribution in [1.82, 2.24) is 0 Å². The summed E-state index contributed by atoms with van der Waals surface area (Å²) in [7, 11) is 0. The summed E-state index contributed by atoms with van der Waals surface area (Å²) >= 11 is 16.2. The van der Waals surface area contributed by atoms with E-state index in [0.29, 0.717) is 12.1 Å². The highest BCUT2D eigenvalue weighted by atomic mass is 35.8. The third-order valence-electron chi connectivity index (χ3n) is 1.29.